The zero-order chi connectivity index (χ0) is 29.5. The molecule has 40 heavy (non-hydrogen) atoms. The number of dihydropyridines is 1. The van der Waals surface area contributed by atoms with Crippen LogP contribution in [0.25, 0.3) is 0 Å². The number of carbonyl (C=O) groups excluding carboxylic acids is 3. The molecule has 0 bridgehead atoms. The van der Waals surface area contributed by atoms with Crippen LogP contribution >= 0.6 is 0 Å². The molecule has 1 aromatic carbocycles. The van der Waals surface area contributed by atoms with Gasteiger partial charge >= 0.3 is 18.0 Å². The molecule has 1 aliphatic heterocycles. The molecule has 1 aromatic rings. The smallest absolute Gasteiger partial charge is 0.407 e. The van der Waals surface area contributed by atoms with Crippen molar-refractivity contribution in [3.05, 3.63) is 62.5 Å². The first-order chi connectivity index (χ1) is 19.2. The van der Waals surface area contributed by atoms with E-state index >= 15 is 0 Å². The molecule has 13 heteroatoms. The van der Waals surface area contributed by atoms with Crippen molar-refractivity contribution in [3.63, 3.8) is 0 Å². The van der Waals surface area contributed by atoms with Crippen LogP contribution in [-0.4, -0.2) is 76.3 Å². The number of benzene rings is 1. The number of nitro groups is 1. The van der Waals surface area contributed by atoms with Gasteiger partial charge in [0.2, 0.25) is 0 Å². The molecule has 0 saturated heterocycles. The van der Waals surface area contributed by atoms with Gasteiger partial charge in [-0.1, -0.05) is 26.0 Å². The highest BCUT2D eigenvalue weighted by atomic mass is 16.6. The SMILES string of the molecule is CCCOCCOC(=O)C1=C(C)NC(COC(=O)NC)=C(C(=O)OCCOCCC)C1c1cccc([N+](=O)[O-])c1. The Balaban J connectivity index is 2.55. The number of nitro benzene ring substituents is 1. The molecule has 0 radical (unpaired) electrons. The third-order valence-electron chi connectivity index (χ3n) is 5.67. The second-order valence-corrected chi connectivity index (χ2v) is 8.66. The van der Waals surface area contributed by atoms with Gasteiger partial charge in [-0.05, 0) is 25.3 Å². The fourth-order valence-corrected chi connectivity index (χ4v) is 3.92. The molecular formula is C27H37N3O10. The first-order valence-corrected chi connectivity index (χ1v) is 13.0. The van der Waals surface area contributed by atoms with E-state index in [0.717, 1.165) is 12.8 Å². The average molecular weight is 564 g/mol. The molecule has 0 aromatic heterocycles. The van der Waals surface area contributed by atoms with Gasteiger partial charge in [0, 0.05) is 38.1 Å². The van der Waals surface area contributed by atoms with E-state index in [0.29, 0.717) is 18.9 Å². The fourth-order valence-electron chi connectivity index (χ4n) is 3.92. The quantitative estimate of drug-likeness (QED) is 0.0998. The summed E-state index contributed by atoms with van der Waals surface area (Å²) < 4.78 is 26.9. The van der Waals surface area contributed by atoms with Crippen LogP contribution in [0.15, 0.2) is 46.8 Å². The van der Waals surface area contributed by atoms with Gasteiger partial charge in [0.1, 0.15) is 19.8 Å². The largest absolute Gasteiger partial charge is 0.460 e. The molecule has 1 heterocycles. The monoisotopic (exact) mass is 563 g/mol. The van der Waals surface area contributed by atoms with Crippen molar-refractivity contribution in [1.29, 1.82) is 0 Å². The van der Waals surface area contributed by atoms with Crippen LogP contribution in [-0.2, 0) is 33.3 Å². The Morgan fingerprint density at radius 2 is 1.52 bits per heavy atom. The van der Waals surface area contributed by atoms with E-state index in [1.165, 1.54) is 25.2 Å². The van der Waals surface area contributed by atoms with Gasteiger partial charge in [-0.15, -0.1) is 0 Å². The van der Waals surface area contributed by atoms with Gasteiger partial charge in [-0.25, -0.2) is 14.4 Å². The van der Waals surface area contributed by atoms with Crippen molar-refractivity contribution in [2.45, 2.75) is 39.5 Å². The van der Waals surface area contributed by atoms with E-state index in [4.69, 9.17) is 23.7 Å². The summed E-state index contributed by atoms with van der Waals surface area (Å²) in [5.41, 5.74) is 0.497. The number of rotatable bonds is 16. The van der Waals surface area contributed by atoms with E-state index < -0.39 is 28.9 Å². The lowest BCUT2D eigenvalue weighted by atomic mass is 9.80. The first kappa shape index (κ1) is 32.2. The summed E-state index contributed by atoms with van der Waals surface area (Å²) >= 11 is 0. The predicted molar refractivity (Wildman–Crippen MR) is 143 cm³/mol. The van der Waals surface area contributed by atoms with Crippen LogP contribution in [0.4, 0.5) is 10.5 Å². The van der Waals surface area contributed by atoms with Crippen LogP contribution < -0.4 is 10.6 Å². The Hall–Kier alpha value is -3.97. The summed E-state index contributed by atoms with van der Waals surface area (Å²) in [5, 5.41) is 16.9. The molecule has 0 aliphatic carbocycles. The van der Waals surface area contributed by atoms with Crippen LogP contribution in [0, 0.1) is 10.1 Å². The third kappa shape index (κ3) is 9.35. The normalized spacial score (nSPS) is 14.8. The number of alkyl carbamates (subject to hydrolysis) is 1. The van der Waals surface area contributed by atoms with Crippen LogP contribution in [0.3, 0.4) is 0 Å². The summed E-state index contributed by atoms with van der Waals surface area (Å²) in [5.74, 6) is -2.69. The Bertz CT molecular complexity index is 1120. The first-order valence-electron chi connectivity index (χ1n) is 13.0. The molecule has 1 aliphatic rings. The minimum Gasteiger partial charge on any atom is -0.460 e. The van der Waals surface area contributed by atoms with Crippen LogP contribution in [0.5, 0.6) is 0 Å². The number of non-ortho nitro benzene ring substituents is 1. The Morgan fingerprint density at radius 1 is 0.925 bits per heavy atom. The highest BCUT2D eigenvalue weighted by molar-refractivity contribution is 6.00. The molecule has 0 saturated carbocycles. The maximum absolute atomic E-state index is 13.5. The van der Waals surface area contributed by atoms with Gasteiger partial charge in [-0.3, -0.25) is 10.1 Å². The average Bonchev–Trinajstić information content (AvgIpc) is 2.94. The van der Waals surface area contributed by atoms with Crippen LogP contribution in [0.1, 0.15) is 45.1 Å². The second kappa shape index (κ2) is 16.9. The van der Waals surface area contributed by atoms with Gasteiger partial charge < -0.3 is 34.3 Å². The Labute approximate surface area is 233 Å². The lowest BCUT2D eigenvalue weighted by Gasteiger charge is -2.31. The molecule has 220 valence electrons. The molecular weight excluding hydrogens is 526 g/mol. The summed E-state index contributed by atoms with van der Waals surface area (Å²) in [6.07, 6.45) is 0.844. The summed E-state index contributed by atoms with van der Waals surface area (Å²) in [6.45, 7) is 6.32. The maximum atomic E-state index is 13.5. The highest BCUT2D eigenvalue weighted by Crippen LogP contribution is 2.40. The molecule has 1 amide bonds. The van der Waals surface area contributed by atoms with Crippen molar-refractivity contribution in [1.82, 2.24) is 10.6 Å². The topological polar surface area (TPSA) is 165 Å². The van der Waals surface area contributed by atoms with Crippen molar-refractivity contribution in [2.24, 2.45) is 0 Å². The van der Waals surface area contributed by atoms with E-state index in [9.17, 15) is 24.5 Å². The third-order valence-corrected chi connectivity index (χ3v) is 5.67. The zero-order valence-corrected chi connectivity index (χ0v) is 23.3. The van der Waals surface area contributed by atoms with E-state index in [-0.39, 0.29) is 61.1 Å². The highest BCUT2D eigenvalue weighted by Gasteiger charge is 2.40. The number of amides is 1. The molecule has 0 fully saturated rings. The number of hydrogen-bond donors (Lipinski definition) is 2. The molecule has 13 nitrogen and oxygen atoms in total. The summed E-state index contributed by atoms with van der Waals surface area (Å²) in [4.78, 5) is 49.7. The molecule has 1 unspecified atom stereocenters. The minimum absolute atomic E-state index is 0.0395. The van der Waals surface area contributed by atoms with Gasteiger partial charge in [0.05, 0.1) is 40.9 Å². The summed E-state index contributed by atoms with van der Waals surface area (Å²) in [6, 6.07) is 5.58. The zero-order valence-electron chi connectivity index (χ0n) is 23.3. The number of hydrogen-bond acceptors (Lipinski definition) is 11. The van der Waals surface area contributed by atoms with Crippen molar-refractivity contribution in [3.8, 4) is 0 Å². The van der Waals surface area contributed by atoms with Gasteiger partial charge in [0.15, 0.2) is 0 Å². The Morgan fingerprint density at radius 3 is 2.08 bits per heavy atom. The van der Waals surface area contributed by atoms with E-state index in [2.05, 4.69) is 10.6 Å². The molecule has 1 atom stereocenters. The Kier molecular flexibility index (Phi) is 13.6. The van der Waals surface area contributed by atoms with E-state index in [1.54, 1.807) is 13.0 Å². The number of carbonyl (C=O) groups is 3. The van der Waals surface area contributed by atoms with Crippen molar-refractivity contribution in [2.75, 3.05) is 53.3 Å². The van der Waals surface area contributed by atoms with Crippen molar-refractivity contribution >= 4 is 23.7 Å². The van der Waals surface area contributed by atoms with Crippen molar-refractivity contribution < 1.29 is 43.0 Å². The number of esters is 2. The fraction of sp³-hybridized carbons (Fsp3) is 0.519. The van der Waals surface area contributed by atoms with Crippen LogP contribution in [0.2, 0.25) is 0 Å². The summed E-state index contributed by atoms with van der Waals surface area (Å²) in [7, 11) is 1.38. The number of nitrogens with zero attached hydrogens (tertiary/aromatic N) is 1. The lowest BCUT2D eigenvalue weighted by molar-refractivity contribution is -0.384. The second-order valence-electron chi connectivity index (χ2n) is 8.66. The standard InChI is InChI=1S/C27H37N3O10/c1-5-10-36-12-14-38-25(31)22-18(3)29-21(17-40-27(33)28-4)24(26(32)39-15-13-37-11-6-2)23(22)19-8-7-9-20(16-19)30(34)35/h7-9,16,23,29H,5-6,10-15,17H2,1-4H3,(H,28,33). The molecule has 0 spiro atoms. The molecule has 2 rings (SSSR count). The predicted octanol–water partition coefficient (Wildman–Crippen LogP) is 3.11. The maximum Gasteiger partial charge on any atom is 0.407 e. The van der Waals surface area contributed by atoms with Gasteiger partial charge in [0.25, 0.3) is 5.69 Å². The number of ether oxygens (including phenoxy) is 5. The lowest BCUT2D eigenvalue weighted by Crippen LogP contribution is -2.36. The van der Waals surface area contributed by atoms with E-state index in [1.807, 2.05) is 13.8 Å². The number of allylic oxidation sites excluding steroid dienone is 1. The minimum atomic E-state index is -1.13. The molecule has 2 N–H and O–H groups in total. The van der Waals surface area contributed by atoms with Gasteiger partial charge in [-0.2, -0.15) is 0 Å². The number of nitrogens with one attached hydrogen (secondary N) is 2.